The van der Waals surface area contributed by atoms with Crippen LogP contribution in [0.15, 0.2) is 66.4 Å². The molecule has 1 aromatic heterocycles. The number of aromatic nitrogens is 1. The summed E-state index contributed by atoms with van der Waals surface area (Å²) in [6.07, 6.45) is -2.69. The number of carbonyl (C=O) groups excluding carboxylic acids is 4. The number of hydrazine groups is 1. The summed E-state index contributed by atoms with van der Waals surface area (Å²) in [7, 11) is 1.40. The van der Waals surface area contributed by atoms with E-state index >= 15 is 4.79 Å². The van der Waals surface area contributed by atoms with E-state index in [9.17, 15) is 37.9 Å². The molecule has 3 N–H and O–H groups in total. The maximum atomic E-state index is 15.1. The molecule has 0 unspecified atom stereocenters. The molecule has 3 fully saturated rings. The Labute approximate surface area is 285 Å². The summed E-state index contributed by atoms with van der Waals surface area (Å²) in [4.78, 5) is 59.6. The molecule has 3 heterocycles. The van der Waals surface area contributed by atoms with Crippen molar-refractivity contribution in [1.82, 2.24) is 15.1 Å². The molecule has 2 aliphatic heterocycles. The van der Waals surface area contributed by atoms with Crippen molar-refractivity contribution in [3.63, 3.8) is 0 Å². The highest BCUT2D eigenvalue weighted by molar-refractivity contribution is 6.33. The summed E-state index contributed by atoms with van der Waals surface area (Å²) in [6, 6.07) is 11.1. The summed E-state index contributed by atoms with van der Waals surface area (Å²) < 4.78 is 45.5. The van der Waals surface area contributed by atoms with Crippen molar-refractivity contribution in [2.75, 3.05) is 12.5 Å². The van der Waals surface area contributed by atoms with Crippen molar-refractivity contribution >= 4 is 52.6 Å². The van der Waals surface area contributed by atoms with Gasteiger partial charge in [0.15, 0.2) is 5.82 Å². The third kappa shape index (κ3) is 4.79. The predicted molar refractivity (Wildman–Crippen MR) is 165 cm³/mol. The van der Waals surface area contributed by atoms with Crippen molar-refractivity contribution in [3.05, 3.63) is 93.1 Å². The number of fused-ring (bicyclic) bond motifs is 4. The first-order valence-corrected chi connectivity index (χ1v) is 15.7. The molecule has 0 spiro atoms. The molecule has 11 nitrogen and oxygen atoms in total. The Kier molecular flexibility index (Phi) is 7.69. The number of imide groups is 2. The number of hydrogen-bond acceptors (Lipinski definition) is 9. The highest BCUT2D eigenvalue weighted by Crippen LogP contribution is 2.65. The van der Waals surface area contributed by atoms with Gasteiger partial charge in [-0.1, -0.05) is 47.0 Å². The summed E-state index contributed by atoms with van der Waals surface area (Å²) in [5.41, 5.74) is 0.477. The number of benzene rings is 2. The third-order valence-corrected chi connectivity index (χ3v) is 10.6. The summed E-state index contributed by atoms with van der Waals surface area (Å²) in [5.74, 6) is -9.01. The lowest BCUT2D eigenvalue weighted by atomic mass is 9.49. The van der Waals surface area contributed by atoms with Crippen LogP contribution in [0.2, 0.25) is 10.0 Å². The number of halogens is 5. The van der Waals surface area contributed by atoms with Gasteiger partial charge in [0.2, 0.25) is 0 Å². The number of methoxy groups -OCH3 is 1. The average Bonchev–Trinajstić information content (AvgIpc) is 3.42. The van der Waals surface area contributed by atoms with Gasteiger partial charge in [-0.3, -0.25) is 29.8 Å². The predicted octanol–water partition coefficient (Wildman–Crippen LogP) is 5.50. The maximum absolute atomic E-state index is 15.1. The van der Waals surface area contributed by atoms with Crippen molar-refractivity contribution in [1.29, 1.82) is 0 Å². The average molecular weight is 717 g/mol. The van der Waals surface area contributed by atoms with Crippen LogP contribution in [0.4, 0.5) is 19.0 Å². The van der Waals surface area contributed by atoms with Gasteiger partial charge in [-0.25, -0.2) is 4.98 Å². The van der Waals surface area contributed by atoms with Gasteiger partial charge in [0.1, 0.15) is 11.5 Å². The number of allylic oxidation sites excluding steroid dienone is 2. The third-order valence-electron chi connectivity index (χ3n) is 10.1. The minimum absolute atomic E-state index is 0.0237. The first kappa shape index (κ1) is 32.9. The second-order valence-electron chi connectivity index (χ2n) is 12.3. The number of hydroxylamine groups is 2. The van der Waals surface area contributed by atoms with Gasteiger partial charge in [-0.15, -0.1) is 0 Å². The lowest BCUT2D eigenvalue weighted by molar-refractivity contribution is -0.173. The molecule has 6 atom stereocenters. The number of pyridine rings is 1. The van der Waals surface area contributed by atoms with Crippen LogP contribution in [-0.2, 0) is 30.8 Å². The fourth-order valence-corrected chi connectivity index (χ4v) is 8.34. The fourth-order valence-electron chi connectivity index (χ4n) is 8.00. The minimum Gasteiger partial charge on any atom is -0.508 e. The molecule has 254 valence electrons. The van der Waals surface area contributed by atoms with E-state index in [4.69, 9.17) is 27.9 Å². The minimum atomic E-state index is -4.76. The van der Waals surface area contributed by atoms with E-state index in [1.165, 1.54) is 37.4 Å². The Morgan fingerprint density at radius 1 is 1.00 bits per heavy atom. The van der Waals surface area contributed by atoms with Crippen molar-refractivity contribution < 1.29 is 47.4 Å². The molecule has 0 bridgehead atoms. The molecule has 3 aromatic rings. The van der Waals surface area contributed by atoms with E-state index in [2.05, 4.69) is 10.4 Å². The maximum Gasteiger partial charge on any atom is 0.417 e. The molecule has 1 saturated carbocycles. The van der Waals surface area contributed by atoms with Gasteiger partial charge >= 0.3 is 6.18 Å². The number of aromatic hydroxyl groups is 1. The van der Waals surface area contributed by atoms with Gasteiger partial charge in [0.25, 0.3) is 23.6 Å². The number of hydrogen-bond donors (Lipinski definition) is 3. The highest BCUT2D eigenvalue weighted by Gasteiger charge is 2.70. The molecule has 0 radical (unpaired) electrons. The Bertz CT molecular complexity index is 1970. The molecule has 2 saturated heterocycles. The van der Waals surface area contributed by atoms with Crippen LogP contribution in [0.25, 0.3) is 0 Å². The van der Waals surface area contributed by atoms with Gasteiger partial charge < -0.3 is 9.84 Å². The SMILES string of the molecule is COc1ccc(O)c([C@H]2C3=CC[C@@H]4C(=O)N(O)C(=O)[C@@H]4[C@@H]3C[C@H]3C(=O)N(Nc4ncc(C(F)(F)F)cc4Cl)C(=O)[C@@]23c2ccc(Cl)cc2)c1. The lowest BCUT2D eigenvalue weighted by Crippen LogP contribution is -2.53. The van der Waals surface area contributed by atoms with Crippen molar-refractivity contribution in [2.45, 2.75) is 30.4 Å². The quantitative estimate of drug-likeness (QED) is 0.177. The lowest BCUT2D eigenvalue weighted by Gasteiger charge is -2.50. The zero-order valence-electron chi connectivity index (χ0n) is 25.2. The summed E-state index contributed by atoms with van der Waals surface area (Å²) in [6.45, 7) is 0. The van der Waals surface area contributed by atoms with Crippen LogP contribution in [-0.4, -0.2) is 56.1 Å². The van der Waals surface area contributed by atoms with E-state index in [0.717, 1.165) is 0 Å². The first-order chi connectivity index (χ1) is 23.2. The van der Waals surface area contributed by atoms with Crippen molar-refractivity contribution in [2.24, 2.45) is 23.7 Å². The Balaban J connectivity index is 1.46. The number of phenolic OH excluding ortho intramolecular Hbond substituents is 1. The molecule has 16 heteroatoms. The number of anilines is 1. The number of ether oxygens (including phenoxy) is 1. The van der Waals surface area contributed by atoms with Crippen LogP contribution in [0.5, 0.6) is 11.5 Å². The van der Waals surface area contributed by atoms with Crippen LogP contribution in [0.3, 0.4) is 0 Å². The number of phenols is 1. The highest BCUT2D eigenvalue weighted by atomic mass is 35.5. The molecule has 2 aliphatic carbocycles. The molecule has 4 aliphatic rings. The number of alkyl halides is 3. The monoisotopic (exact) mass is 716 g/mol. The van der Waals surface area contributed by atoms with E-state index in [-0.39, 0.29) is 29.2 Å². The fraction of sp³-hybridized carbons (Fsp3) is 0.303. The molecule has 49 heavy (non-hydrogen) atoms. The molecule has 2 aromatic carbocycles. The normalized spacial score (nSPS) is 27.9. The Hall–Kier alpha value is -4.66. The van der Waals surface area contributed by atoms with Gasteiger partial charge in [0, 0.05) is 22.7 Å². The number of amides is 4. The second-order valence-corrected chi connectivity index (χ2v) is 13.2. The Morgan fingerprint density at radius 2 is 1.71 bits per heavy atom. The van der Waals surface area contributed by atoms with E-state index < -0.39 is 81.2 Å². The Morgan fingerprint density at radius 3 is 2.37 bits per heavy atom. The van der Waals surface area contributed by atoms with E-state index in [1.807, 2.05) is 0 Å². The van der Waals surface area contributed by atoms with Crippen LogP contribution in [0.1, 0.15) is 35.4 Å². The van der Waals surface area contributed by atoms with E-state index in [0.29, 0.717) is 39.2 Å². The number of carbonyl (C=O) groups is 4. The van der Waals surface area contributed by atoms with Gasteiger partial charge in [-0.2, -0.15) is 23.2 Å². The molecule has 4 amide bonds. The largest absolute Gasteiger partial charge is 0.508 e. The zero-order valence-corrected chi connectivity index (χ0v) is 26.8. The van der Waals surface area contributed by atoms with Gasteiger partial charge in [0.05, 0.1) is 40.9 Å². The molecular formula is C33H25Cl2F3N4O7. The zero-order chi connectivity index (χ0) is 35.2. The van der Waals surface area contributed by atoms with Crippen LogP contribution >= 0.6 is 23.2 Å². The number of nitrogens with zero attached hydrogens (tertiary/aromatic N) is 3. The topological polar surface area (TPSA) is 149 Å². The number of rotatable bonds is 5. The molecular weight excluding hydrogens is 692 g/mol. The van der Waals surface area contributed by atoms with Gasteiger partial charge in [-0.05, 0) is 60.7 Å². The van der Waals surface area contributed by atoms with E-state index in [1.54, 1.807) is 18.2 Å². The second kappa shape index (κ2) is 11.5. The van der Waals surface area contributed by atoms with Crippen molar-refractivity contribution in [3.8, 4) is 11.5 Å². The first-order valence-electron chi connectivity index (χ1n) is 15.0. The standard InChI is InChI=1S/C33H25Cl2F3N4O7/c1-49-17-6-9-24(43)21(11-17)26-18-7-8-19-25(30(46)42(48)28(19)44)20(18)12-22-29(45)41(31(47)32(22,26)14-2-4-16(34)5-3-14)40-27-23(35)10-15(13-39-27)33(36,37)38/h2-7,9-11,13,19-20,22,25-26,43,48H,8,12H2,1H3,(H,39,40)/t19-,20+,22-,25-,26+,32+/m0/s1. The number of nitrogens with one attached hydrogen (secondary N) is 1. The smallest absolute Gasteiger partial charge is 0.417 e. The van der Waals surface area contributed by atoms with Crippen LogP contribution in [0, 0.1) is 23.7 Å². The summed E-state index contributed by atoms with van der Waals surface area (Å²) >= 11 is 12.4. The summed E-state index contributed by atoms with van der Waals surface area (Å²) in [5, 5.41) is 22.2. The van der Waals surface area contributed by atoms with Crippen LogP contribution < -0.4 is 10.2 Å². The molecule has 7 rings (SSSR count).